The van der Waals surface area contributed by atoms with E-state index < -0.39 is 5.91 Å². The van der Waals surface area contributed by atoms with E-state index in [1.54, 1.807) is 6.07 Å². The minimum atomic E-state index is -0.469. The van der Waals surface area contributed by atoms with Crippen molar-refractivity contribution in [2.45, 2.75) is 37.0 Å². The van der Waals surface area contributed by atoms with Gasteiger partial charge in [-0.25, -0.2) is 4.98 Å². The predicted molar refractivity (Wildman–Crippen MR) is 92.9 cm³/mol. The van der Waals surface area contributed by atoms with Gasteiger partial charge in [-0.2, -0.15) is 4.98 Å². The van der Waals surface area contributed by atoms with Crippen molar-refractivity contribution in [3.8, 4) is 0 Å². The molecule has 1 unspecified atom stereocenters. The smallest absolute Gasteiger partial charge is 0.249 e. The first-order chi connectivity index (χ1) is 11.5. The molecular formula is C17H18N4O2S. The van der Waals surface area contributed by atoms with Gasteiger partial charge in [0.1, 0.15) is 0 Å². The quantitative estimate of drug-likeness (QED) is 0.710. The van der Waals surface area contributed by atoms with Crippen molar-refractivity contribution in [2.75, 3.05) is 0 Å². The van der Waals surface area contributed by atoms with Crippen LogP contribution in [0.1, 0.15) is 54.0 Å². The molecule has 6 nitrogen and oxygen atoms in total. The molecule has 0 radical (unpaired) electrons. The van der Waals surface area contributed by atoms with Crippen LogP contribution < -0.4 is 5.73 Å². The number of hydrogen-bond donors (Lipinski definition) is 1. The number of hydrogen-bond acceptors (Lipinski definition) is 6. The number of nitrogens with zero attached hydrogens (tertiary/aromatic N) is 3. The Bertz CT molecular complexity index is 891. The van der Waals surface area contributed by atoms with Crippen molar-refractivity contribution in [3.05, 3.63) is 47.6 Å². The molecule has 3 rings (SSSR count). The van der Waals surface area contributed by atoms with Crippen molar-refractivity contribution in [1.82, 2.24) is 15.1 Å². The number of primary amides is 1. The molecule has 1 atom stereocenters. The second-order valence-corrected chi connectivity index (χ2v) is 7.16. The molecule has 3 aromatic rings. The van der Waals surface area contributed by atoms with E-state index in [0.29, 0.717) is 22.3 Å². The van der Waals surface area contributed by atoms with Crippen LogP contribution in [0, 0.1) is 0 Å². The highest BCUT2D eigenvalue weighted by molar-refractivity contribution is 7.99. The molecular weight excluding hydrogens is 324 g/mol. The van der Waals surface area contributed by atoms with Gasteiger partial charge in [-0.3, -0.25) is 4.79 Å². The summed E-state index contributed by atoms with van der Waals surface area (Å²) in [5.74, 6) is 0.962. The highest BCUT2D eigenvalue weighted by atomic mass is 32.2. The number of carbonyl (C=O) groups excluding carboxylic acids is 1. The van der Waals surface area contributed by atoms with Crippen LogP contribution in [-0.4, -0.2) is 21.0 Å². The monoisotopic (exact) mass is 342 g/mol. The molecule has 0 aliphatic heterocycles. The molecule has 2 N–H and O–H groups in total. The number of benzene rings is 1. The molecule has 0 aliphatic rings. The molecule has 7 heteroatoms. The lowest BCUT2D eigenvalue weighted by molar-refractivity contribution is 0.100. The van der Waals surface area contributed by atoms with Crippen molar-refractivity contribution in [1.29, 1.82) is 0 Å². The summed E-state index contributed by atoms with van der Waals surface area (Å²) < 4.78 is 5.32. The van der Waals surface area contributed by atoms with Crippen LogP contribution in [0.2, 0.25) is 0 Å². The first-order valence-electron chi connectivity index (χ1n) is 7.65. The summed E-state index contributed by atoms with van der Waals surface area (Å²) in [6.45, 7) is 5.98. The fraction of sp³-hybridized carbons (Fsp3) is 0.294. The van der Waals surface area contributed by atoms with Crippen LogP contribution in [0.15, 0.2) is 39.9 Å². The summed E-state index contributed by atoms with van der Waals surface area (Å²) in [5, 5.41) is 5.34. The number of rotatable bonds is 5. The number of fused-ring (bicyclic) bond motifs is 1. The summed E-state index contributed by atoms with van der Waals surface area (Å²) in [7, 11) is 0. The van der Waals surface area contributed by atoms with Gasteiger partial charge in [-0.05, 0) is 19.1 Å². The average molecular weight is 342 g/mol. The largest absolute Gasteiger partial charge is 0.366 e. The van der Waals surface area contributed by atoms with E-state index in [1.807, 2.05) is 45.0 Å². The maximum atomic E-state index is 11.7. The summed E-state index contributed by atoms with van der Waals surface area (Å²) in [6, 6.07) is 9.15. The van der Waals surface area contributed by atoms with Gasteiger partial charge in [0, 0.05) is 11.3 Å². The third-order valence-corrected chi connectivity index (χ3v) is 4.58. The van der Waals surface area contributed by atoms with Crippen LogP contribution in [0.3, 0.4) is 0 Å². The Hall–Kier alpha value is -2.41. The fourth-order valence-corrected chi connectivity index (χ4v) is 3.19. The van der Waals surface area contributed by atoms with E-state index in [2.05, 4.69) is 15.1 Å². The Morgan fingerprint density at radius 3 is 2.62 bits per heavy atom. The molecule has 0 spiro atoms. The second kappa shape index (κ2) is 6.60. The second-order valence-electron chi connectivity index (χ2n) is 5.80. The zero-order chi connectivity index (χ0) is 17.3. The molecule has 0 bridgehead atoms. The number of para-hydroxylation sites is 1. The number of pyridine rings is 1. The van der Waals surface area contributed by atoms with Crippen molar-refractivity contribution >= 4 is 28.6 Å². The summed E-state index contributed by atoms with van der Waals surface area (Å²) in [6.07, 6.45) is 0. The van der Waals surface area contributed by atoms with Crippen molar-refractivity contribution in [2.24, 2.45) is 5.73 Å². The number of amides is 1. The van der Waals surface area contributed by atoms with Gasteiger partial charge in [0.05, 0.1) is 21.4 Å². The first kappa shape index (κ1) is 16.4. The zero-order valence-corrected chi connectivity index (χ0v) is 14.5. The van der Waals surface area contributed by atoms with Gasteiger partial charge in [-0.15, -0.1) is 0 Å². The average Bonchev–Trinajstić information content (AvgIpc) is 3.04. The normalized spacial score (nSPS) is 12.7. The van der Waals surface area contributed by atoms with E-state index in [4.69, 9.17) is 10.3 Å². The maximum absolute atomic E-state index is 11.7. The van der Waals surface area contributed by atoms with Crippen LogP contribution in [0.4, 0.5) is 0 Å². The number of aromatic nitrogens is 3. The van der Waals surface area contributed by atoms with E-state index in [-0.39, 0.29) is 11.2 Å². The van der Waals surface area contributed by atoms with Crippen LogP contribution in [0.25, 0.3) is 10.9 Å². The van der Waals surface area contributed by atoms with E-state index in [9.17, 15) is 4.79 Å². The van der Waals surface area contributed by atoms with Gasteiger partial charge < -0.3 is 10.3 Å². The lowest BCUT2D eigenvalue weighted by Gasteiger charge is -2.09. The Morgan fingerprint density at radius 2 is 1.96 bits per heavy atom. The minimum absolute atomic E-state index is 0.0839. The molecule has 24 heavy (non-hydrogen) atoms. The van der Waals surface area contributed by atoms with Gasteiger partial charge in [0.15, 0.2) is 5.82 Å². The summed E-state index contributed by atoms with van der Waals surface area (Å²) in [4.78, 5) is 20.7. The van der Waals surface area contributed by atoms with Crippen LogP contribution in [0.5, 0.6) is 0 Å². The molecule has 124 valence electrons. The standard InChI is InChI=1S/C17H18N4O2S/c1-9(2)16-20-17(23-21-16)10(3)24-14-8-12(15(18)22)11-6-4-5-7-13(11)19-14/h4-10H,1-3H3,(H2,18,22). The highest BCUT2D eigenvalue weighted by Crippen LogP contribution is 2.35. The minimum Gasteiger partial charge on any atom is -0.366 e. The zero-order valence-electron chi connectivity index (χ0n) is 13.7. The Labute approximate surface area is 143 Å². The van der Waals surface area contributed by atoms with E-state index >= 15 is 0 Å². The third-order valence-electron chi connectivity index (χ3n) is 3.58. The Morgan fingerprint density at radius 1 is 1.21 bits per heavy atom. The van der Waals surface area contributed by atoms with Gasteiger partial charge in [-0.1, -0.05) is 49.0 Å². The maximum Gasteiger partial charge on any atom is 0.249 e. The highest BCUT2D eigenvalue weighted by Gasteiger charge is 2.19. The Kier molecular flexibility index (Phi) is 4.53. The summed E-state index contributed by atoms with van der Waals surface area (Å²) in [5.41, 5.74) is 6.71. The molecule has 0 saturated carbocycles. The molecule has 0 aliphatic carbocycles. The number of carbonyl (C=O) groups is 1. The fourth-order valence-electron chi connectivity index (χ4n) is 2.29. The predicted octanol–water partition coefficient (Wildman–Crippen LogP) is 3.69. The van der Waals surface area contributed by atoms with Crippen LogP contribution >= 0.6 is 11.8 Å². The molecule has 0 saturated heterocycles. The van der Waals surface area contributed by atoms with Gasteiger partial charge >= 0.3 is 0 Å². The molecule has 2 heterocycles. The Balaban J connectivity index is 1.92. The van der Waals surface area contributed by atoms with Gasteiger partial charge in [0.25, 0.3) is 0 Å². The third kappa shape index (κ3) is 3.26. The molecule has 2 aromatic heterocycles. The molecule has 1 aromatic carbocycles. The van der Waals surface area contributed by atoms with Crippen molar-refractivity contribution < 1.29 is 9.32 Å². The molecule has 1 amide bonds. The number of nitrogens with two attached hydrogens (primary N) is 1. The first-order valence-corrected chi connectivity index (χ1v) is 8.53. The topological polar surface area (TPSA) is 94.9 Å². The SMILES string of the molecule is CC(C)c1noc(C(C)Sc2cc(C(N)=O)c3ccccc3n2)n1. The van der Waals surface area contributed by atoms with E-state index in [1.165, 1.54) is 11.8 Å². The van der Waals surface area contributed by atoms with Crippen molar-refractivity contribution in [3.63, 3.8) is 0 Å². The summed E-state index contributed by atoms with van der Waals surface area (Å²) >= 11 is 1.45. The van der Waals surface area contributed by atoms with Gasteiger partial charge in [0.2, 0.25) is 11.8 Å². The van der Waals surface area contributed by atoms with E-state index in [0.717, 1.165) is 10.9 Å². The van der Waals surface area contributed by atoms with Crippen LogP contribution in [-0.2, 0) is 0 Å². The lowest BCUT2D eigenvalue weighted by Crippen LogP contribution is -2.12. The lowest BCUT2D eigenvalue weighted by atomic mass is 10.1. The molecule has 0 fully saturated rings. The number of thioether (sulfide) groups is 1.